The Labute approximate surface area is 89.9 Å². The van der Waals surface area contributed by atoms with Crippen LogP contribution in [0.3, 0.4) is 0 Å². The summed E-state index contributed by atoms with van der Waals surface area (Å²) in [6.45, 7) is 0. The summed E-state index contributed by atoms with van der Waals surface area (Å²) in [6.07, 6.45) is 2.86. The molecule has 1 aromatic carbocycles. The van der Waals surface area contributed by atoms with Crippen LogP contribution in [0.4, 0.5) is 14.5 Å². The summed E-state index contributed by atoms with van der Waals surface area (Å²) in [4.78, 5) is 14.4. The van der Waals surface area contributed by atoms with Gasteiger partial charge in [-0.15, -0.1) is 0 Å². The van der Waals surface area contributed by atoms with E-state index in [9.17, 15) is 13.6 Å². The van der Waals surface area contributed by atoms with Crippen LogP contribution in [0.5, 0.6) is 0 Å². The third-order valence-corrected chi connectivity index (χ3v) is 2.21. The van der Waals surface area contributed by atoms with Gasteiger partial charge in [0.15, 0.2) is 5.82 Å². The van der Waals surface area contributed by atoms with Gasteiger partial charge in [-0.25, -0.2) is 8.78 Å². The van der Waals surface area contributed by atoms with Crippen LogP contribution in [0.25, 0.3) is 0 Å². The molecule has 0 aliphatic carbocycles. The number of aromatic amines is 1. The van der Waals surface area contributed by atoms with Crippen molar-refractivity contribution < 1.29 is 13.6 Å². The van der Waals surface area contributed by atoms with Gasteiger partial charge in [-0.05, 0) is 18.2 Å². The minimum atomic E-state index is -1.02. The van der Waals surface area contributed by atoms with Gasteiger partial charge < -0.3 is 10.7 Å². The van der Waals surface area contributed by atoms with Crippen molar-refractivity contribution in [1.82, 2.24) is 4.98 Å². The molecule has 0 fully saturated rings. The first-order valence-electron chi connectivity index (χ1n) is 4.52. The van der Waals surface area contributed by atoms with Crippen molar-refractivity contribution in [3.05, 3.63) is 53.4 Å². The Kier molecular flexibility index (Phi) is 2.44. The van der Waals surface area contributed by atoms with E-state index in [1.807, 2.05) is 0 Å². The molecule has 0 unspecified atom stereocenters. The molecule has 0 saturated carbocycles. The molecule has 1 aromatic heterocycles. The smallest absolute Gasteiger partial charge is 0.200 e. The number of aromatic nitrogens is 1. The Bertz CT molecular complexity index is 535. The highest BCUT2D eigenvalue weighted by Crippen LogP contribution is 2.21. The summed E-state index contributed by atoms with van der Waals surface area (Å²) in [6, 6.07) is 3.49. The third-order valence-electron chi connectivity index (χ3n) is 2.21. The first kappa shape index (κ1) is 10.4. The van der Waals surface area contributed by atoms with Crippen molar-refractivity contribution in [2.45, 2.75) is 0 Å². The molecule has 16 heavy (non-hydrogen) atoms. The standard InChI is InChI=1S/C11H8F2N2O/c12-7-1-2-8(14)10(13)9(7)11(16)6-3-4-15-5-6/h1-5,15H,14H2. The van der Waals surface area contributed by atoms with E-state index in [0.717, 1.165) is 12.1 Å². The molecular weight excluding hydrogens is 214 g/mol. The third kappa shape index (κ3) is 1.56. The maximum atomic E-state index is 13.5. The lowest BCUT2D eigenvalue weighted by Crippen LogP contribution is -2.08. The second kappa shape index (κ2) is 3.77. The molecule has 2 rings (SSSR count). The van der Waals surface area contributed by atoms with Gasteiger partial charge >= 0.3 is 0 Å². The molecule has 0 amide bonds. The molecule has 0 bridgehead atoms. The number of carbonyl (C=O) groups excluding carboxylic acids is 1. The Balaban J connectivity index is 2.56. The number of nitrogen functional groups attached to an aromatic ring is 1. The van der Waals surface area contributed by atoms with Crippen LogP contribution in [0.2, 0.25) is 0 Å². The summed E-state index contributed by atoms with van der Waals surface area (Å²) in [7, 11) is 0. The van der Waals surface area contributed by atoms with Gasteiger partial charge in [-0.2, -0.15) is 0 Å². The highest BCUT2D eigenvalue weighted by molar-refractivity contribution is 6.09. The second-order valence-corrected chi connectivity index (χ2v) is 3.25. The monoisotopic (exact) mass is 222 g/mol. The quantitative estimate of drug-likeness (QED) is 0.603. The summed E-state index contributed by atoms with van der Waals surface area (Å²) < 4.78 is 26.9. The van der Waals surface area contributed by atoms with Gasteiger partial charge in [0.2, 0.25) is 5.78 Å². The normalized spacial score (nSPS) is 10.4. The Morgan fingerprint density at radius 3 is 2.62 bits per heavy atom. The molecule has 82 valence electrons. The van der Waals surface area contributed by atoms with Gasteiger partial charge in [-0.3, -0.25) is 4.79 Å². The predicted octanol–water partition coefficient (Wildman–Crippen LogP) is 2.11. The number of ketones is 1. The lowest BCUT2D eigenvalue weighted by Gasteiger charge is -2.04. The fourth-order valence-electron chi connectivity index (χ4n) is 1.39. The van der Waals surface area contributed by atoms with Crippen LogP contribution in [0.15, 0.2) is 30.6 Å². The van der Waals surface area contributed by atoms with Crippen LogP contribution in [-0.2, 0) is 0 Å². The summed E-state index contributed by atoms with van der Waals surface area (Å²) in [5, 5.41) is 0. The maximum Gasteiger partial charge on any atom is 0.200 e. The Hall–Kier alpha value is -2.17. The van der Waals surface area contributed by atoms with E-state index in [-0.39, 0.29) is 11.3 Å². The molecule has 0 radical (unpaired) electrons. The van der Waals surface area contributed by atoms with Gasteiger partial charge in [-0.1, -0.05) is 0 Å². The molecule has 2 aromatic rings. The first-order chi connectivity index (χ1) is 7.61. The number of halogens is 2. The largest absolute Gasteiger partial charge is 0.396 e. The van der Waals surface area contributed by atoms with Crippen LogP contribution >= 0.6 is 0 Å². The molecule has 0 saturated heterocycles. The molecule has 3 nitrogen and oxygen atoms in total. The average Bonchev–Trinajstić information content (AvgIpc) is 2.77. The second-order valence-electron chi connectivity index (χ2n) is 3.25. The first-order valence-corrected chi connectivity index (χ1v) is 4.52. The zero-order chi connectivity index (χ0) is 11.7. The number of hydrogen-bond donors (Lipinski definition) is 2. The zero-order valence-corrected chi connectivity index (χ0v) is 8.13. The fourth-order valence-corrected chi connectivity index (χ4v) is 1.39. The van der Waals surface area contributed by atoms with E-state index in [4.69, 9.17) is 5.73 Å². The van der Waals surface area contributed by atoms with Crippen LogP contribution in [0, 0.1) is 11.6 Å². The van der Waals surface area contributed by atoms with Crippen molar-refractivity contribution in [2.75, 3.05) is 5.73 Å². The molecule has 0 aliphatic rings. The topological polar surface area (TPSA) is 58.9 Å². The van der Waals surface area contributed by atoms with E-state index in [2.05, 4.69) is 4.98 Å². The number of nitrogens with one attached hydrogen (secondary N) is 1. The lowest BCUT2D eigenvalue weighted by atomic mass is 10.0. The van der Waals surface area contributed by atoms with Crippen molar-refractivity contribution in [3.63, 3.8) is 0 Å². The van der Waals surface area contributed by atoms with E-state index in [1.165, 1.54) is 18.5 Å². The number of carbonyl (C=O) groups is 1. The van der Waals surface area contributed by atoms with E-state index in [1.54, 1.807) is 0 Å². The Morgan fingerprint density at radius 1 is 1.25 bits per heavy atom. The van der Waals surface area contributed by atoms with Gasteiger partial charge in [0.1, 0.15) is 5.82 Å². The van der Waals surface area contributed by atoms with Gasteiger partial charge in [0.05, 0.1) is 11.3 Å². The highest BCUT2D eigenvalue weighted by atomic mass is 19.1. The van der Waals surface area contributed by atoms with Crippen LogP contribution in [0.1, 0.15) is 15.9 Å². The average molecular weight is 222 g/mol. The zero-order valence-electron chi connectivity index (χ0n) is 8.13. The summed E-state index contributed by atoms with van der Waals surface area (Å²) in [5.74, 6) is -2.67. The molecular formula is C11H8F2N2O. The molecule has 0 atom stereocenters. The molecule has 0 spiro atoms. The fraction of sp³-hybridized carbons (Fsp3) is 0. The minimum Gasteiger partial charge on any atom is -0.396 e. The van der Waals surface area contributed by atoms with Crippen molar-refractivity contribution >= 4 is 11.5 Å². The van der Waals surface area contributed by atoms with Crippen molar-refractivity contribution in [3.8, 4) is 0 Å². The maximum absolute atomic E-state index is 13.5. The highest BCUT2D eigenvalue weighted by Gasteiger charge is 2.20. The van der Waals surface area contributed by atoms with Crippen LogP contribution < -0.4 is 5.73 Å². The predicted molar refractivity (Wildman–Crippen MR) is 55.0 cm³/mol. The van der Waals surface area contributed by atoms with Crippen molar-refractivity contribution in [2.24, 2.45) is 0 Å². The Morgan fingerprint density at radius 2 is 2.00 bits per heavy atom. The molecule has 5 heteroatoms. The number of benzene rings is 1. The number of H-pyrrole nitrogens is 1. The van der Waals surface area contributed by atoms with Crippen molar-refractivity contribution in [1.29, 1.82) is 0 Å². The summed E-state index contributed by atoms with van der Waals surface area (Å²) in [5.41, 5.74) is 4.59. The molecule has 3 N–H and O–H groups in total. The number of rotatable bonds is 2. The van der Waals surface area contributed by atoms with E-state index in [0.29, 0.717) is 0 Å². The number of anilines is 1. The molecule has 1 heterocycles. The molecule has 0 aliphatic heterocycles. The van der Waals surface area contributed by atoms with E-state index < -0.39 is 23.0 Å². The SMILES string of the molecule is Nc1ccc(F)c(C(=O)c2cc[nH]c2)c1F. The minimum absolute atomic E-state index is 0.184. The lowest BCUT2D eigenvalue weighted by molar-refractivity contribution is 0.103. The van der Waals surface area contributed by atoms with Gasteiger partial charge in [0, 0.05) is 18.0 Å². The number of nitrogens with two attached hydrogens (primary N) is 1. The van der Waals surface area contributed by atoms with Gasteiger partial charge in [0.25, 0.3) is 0 Å². The van der Waals surface area contributed by atoms with E-state index >= 15 is 0 Å². The summed E-state index contributed by atoms with van der Waals surface area (Å²) >= 11 is 0. The number of hydrogen-bond acceptors (Lipinski definition) is 2. The van der Waals surface area contributed by atoms with Crippen LogP contribution in [-0.4, -0.2) is 10.8 Å².